The Bertz CT molecular complexity index is 437. The molecule has 1 saturated heterocycles. The zero-order valence-electron chi connectivity index (χ0n) is 13.5. The first-order chi connectivity index (χ1) is 10.3. The Morgan fingerprint density at radius 3 is 2.86 bits per heavy atom. The van der Waals surface area contributed by atoms with Gasteiger partial charge in [-0.15, -0.1) is 0 Å². The van der Waals surface area contributed by atoms with Crippen molar-refractivity contribution < 1.29 is 0 Å². The second-order valence-electron chi connectivity index (χ2n) is 7.06. The molecule has 1 aromatic carbocycles. The van der Waals surface area contributed by atoms with E-state index >= 15 is 0 Å². The smallest absolute Gasteiger partial charge is 0.00203 e. The zero-order valence-corrected chi connectivity index (χ0v) is 13.5. The number of nitrogens with one attached hydrogen (secondary N) is 1. The lowest BCUT2D eigenvalue weighted by molar-refractivity contribution is 0.281. The van der Waals surface area contributed by atoms with E-state index in [2.05, 4.69) is 41.4 Å². The van der Waals surface area contributed by atoms with Gasteiger partial charge in [-0.05, 0) is 74.7 Å². The summed E-state index contributed by atoms with van der Waals surface area (Å²) in [7, 11) is 0. The maximum atomic E-state index is 3.74. The second-order valence-corrected chi connectivity index (χ2v) is 7.06. The van der Waals surface area contributed by atoms with Gasteiger partial charge in [-0.1, -0.05) is 31.2 Å². The summed E-state index contributed by atoms with van der Waals surface area (Å²) >= 11 is 0. The van der Waals surface area contributed by atoms with Crippen LogP contribution in [0, 0.1) is 5.92 Å². The molecule has 1 aromatic rings. The molecule has 21 heavy (non-hydrogen) atoms. The lowest BCUT2D eigenvalue weighted by atomic mass is 9.83. The fourth-order valence-corrected chi connectivity index (χ4v) is 4.04. The van der Waals surface area contributed by atoms with Crippen LogP contribution >= 0.6 is 0 Å². The molecule has 3 rings (SSSR count). The van der Waals surface area contributed by atoms with Gasteiger partial charge >= 0.3 is 0 Å². The van der Waals surface area contributed by atoms with E-state index in [-0.39, 0.29) is 0 Å². The van der Waals surface area contributed by atoms with Crippen LogP contribution in [0.4, 0.5) is 0 Å². The minimum atomic E-state index is 0.730. The molecule has 0 saturated carbocycles. The molecule has 0 amide bonds. The van der Waals surface area contributed by atoms with E-state index < -0.39 is 0 Å². The normalized spacial score (nSPS) is 24.0. The lowest BCUT2D eigenvalue weighted by Crippen LogP contribution is -2.33. The highest BCUT2D eigenvalue weighted by atomic mass is 15.1. The molecule has 2 nitrogen and oxygen atoms in total. The average molecular weight is 286 g/mol. The van der Waals surface area contributed by atoms with Crippen molar-refractivity contribution in [3.8, 4) is 0 Å². The van der Waals surface area contributed by atoms with Crippen LogP contribution in [0.5, 0.6) is 0 Å². The van der Waals surface area contributed by atoms with Gasteiger partial charge in [0.15, 0.2) is 0 Å². The van der Waals surface area contributed by atoms with Gasteiger partial charge in [-0.25, -0.2) is 0 Å². The van der Waals surface area contributed by atoms with E-state index in [1.165, 1.54) is 51.7 Å². The van der Waals surface area contributed by atoms with Crippen molar-refractivity contribution in [1.29, 1.82) is 0 Å². The Labute approximate surface area is 129 Å². The third kappa shape index (κ3) is 4.08. The number of nitrogens with zero attached hydrogens (tertiary/aromatic N) is 1. The molecule has 1 aliphatic heterocycles. The van der Waals surface area contributed by atoms with Gasteiger partial charge in [0, 0.05) is 13.1 Å². The molecular formula is C19H30N2. The summed E-state index contributed by atoms with van der Waals surface area (Å²) in [5.74, 6) is 1.50. The SMILES string of the molecule is CC(CNCC1CCCc2ccccc21)CN1CCCC1. The van der Waals surface area contributed by atoms with Crippen LogP contribution in [0.25, 0.3) is 0 Å². The number of hydrogen-bond acceptors (Lipinski definition) is 2. The summed E-state index contributed by atoms with van der Waals surface area (Å²) in [6.07, 6.45) is 6.78. The van der Waals surface area contributed by atoms with Crippen LogP contribution in [0.15, 0.2) is 24.3 Å². The van der Waals surface area contributed by atoms with Gasteiger partial charge in [0.05, 0.1) is 0 Å². The van der Waals surface area contributed by atoms with Crippen LogP contribution in [0.3, 0.4) is 0 Å². The largest absolute Gasteiger partial charge is 0.316 e. The van der Waals surface area contributed by atoms with Gasteiger partial charge in [0.1, 0.15) is 0 Å². The van der Waals surface area contributed by atoms with E-state index in [4.69, 9.17) is 0 Å². The predicted molar refractivity (Wildman–Crippen MR) is 89.8 cm³/mol. The number of fused-ring (bicyclic) bond motifs is 1. The Morgan fingerprint density at radius 2 is 2.00 bits per heavy atom. The molecular weight excluding hydrogens is 256 g/mol. The minimum Gasteiger partial charge on any atom is -0.316 e. The minimum absolute atomic E-state index is 0.730. The van der Waals surface area contributed by atoms with Crippen LogP contribution in [0.1, 0.15) is 49.7 Å². The van der Waals surface area contributed by atoms with Crippen molar-refractivity contribution in [3.63, 3.8) is 0 Å². The van der Waals surface area contributed by atoms with Crippen molar-refractivity contribution in [2.45, 2.75) is 44.9 Å². The molecule has 2 aliphatic rings. The van der Waals surface area contributed by atoms with E-state index in [0.29, 0.717) is 0 Å². The zero-order chi connectivity index (χ0) is 14.5. The summed E-state index contributed by atoms with van der Waals surface area (Å²) in [5.41, 5.74) is 3.18. The second kappa shape index (κ2) is 7.42. The molecule has 2 heteroatoms. The highest BCUT2D eigenvalue weighted by Gasteiger charge is 2.20. The third-order valence-corrected chi connectivity index (χ3v) is 5.15. The van der Waals surface area contributed by atoms with E-state index in [1.54, 1.807) is 11.1 Å². The number of likely N-dealkylation sites (tertiary alicyclic amines) is 1. The summed E-state index contributed by atoms with van der Waals surface area (Å²) in [5, 5.41) is 3.74. The summed E-state index contributed by atoms with van der Waals surface area (Å²) in [6.45, 7) is 8.62. The quantitative estimate of drug-likeness (QED) is 0.862. The standard InChI is InChI=1S/C19H30N2/c1-16(15-21-11-4-5-12-21)13-20-14-18-9-6-8-17-7-2-3-10-19(17)18/h2-3,7,10,16,18,20H,4-6,8-9,11-15H2,1H3. The molecule has 0 spiro atoms. The van der Waals surface area contributed by atoms with Crippen LogP contribution in [-0.2, 0) is 6.42 Å². The summed E-state index contributed by atoms with van der Waals surface area (Å²) in [6, 6.07) is 9.05. The fraction of sp³-hybridized carbons (Fsp3) is 0.684. The van der Waals surface area contributed by atoms with Gasteiger partial charge in [-0.2, -0.15) is 0 Å². The van der Waals surface area contributed by atoms with Crippen molar-refractivity contribution in [3.05, 3.63) is 35.4 Å². The highest BCUT2D eigenvalue weighted by Crippen LogP contribution is 2.30. The Balaban J connectivity index is 1.43. The molecule has 0 aromatic heterocycles. The van der Waals surface area contributed by atoms with Crippen LogP contribution in [-0.4, -0.2) is 37.6 Å². The van der Waals surface area contributed by atoms with Gasteiger partial charge in [0.25, 0.3) is 0 Å². The highest BCUT2D eigenvalue weighted by molar-refractivity contribution is 5.32. The van der Waals surface area contributed by atoms with Crippen molar-refractivity contribution >= 4 is 0 Å². The Hall–Kier alpha value is -0.860. The maximum Gasteiger partial charge on any atom is 0.00203 e. The topological polar surface area (TPSA) is 15.3 Å². The summed E-state index contributed by atoms with van der Waals surface area (Å²) in [4.78, 5) is 2.63. The van der Waals surface area contributed by atoms with Crippen molar-refractivity contribution in [1.82, 2.24) is 10.2 Å². The molecule has 2 atom stereocenters. The first-order valence-corrected chi connectivity index (χ1v) is 8.84. The fourth-order valence-electron chi connectivity index (χ4n) is 4.04. The van der Waals surface area contributed by atoms with Crippen molar-refractivity contribution in [2.75, 3.05) is 32.7 Å². The monoisotopic (exact) mass is 286 g/mol. The van der Waals surface area contributed by atoms with Crippen LogP contribution < -0.4 is 5.32 Å². The third-order valence-electron chi connectivity index (χ3n) is 5.15. The predicted octanol–water partition coefficient (Wildman–Crippen LogP) is 3.43. The van der Waals surface area contributed by atoms with E-state index in [9.17, 15) is 0 Å². The average Bonchev–Trinajstić information content (AvgIpc) is 3.00. The molecule has 1 aliphatic carbocycles. The lowest BCUT2D eigenvalue weighted by Gasteiger charge is -2.27. The molecule has 116 valence electrons. The summed E-state index contributed by atoms with van der Waals surface area (Å²) < 4.78 is 0. The van der Waals surface area contributed by atoms with E-state index in [0.717, 1.165) is 24.9 Å². The van der Waals surface area contributed by atoms with Gasteiger partial charge < -0.3 is 10.2 Å². The maximum absolute atomic E-state index is 3.74. The molecule has 0 radical (unpaired) electrons. The number of aryl methyl sites for hydroxylation is 1. The first-order valence-electron chi connectivity index (χ1n) is 8.84. The van der Waals surface area contributed by atoms with E-state index in [1.807, 2.05) is 0 Å². The molecule has 2 unspecified atom stereocenters. The van der Waals surface area contributed by atoms with Gasteiger partial charge in [0.2, 0.25) is 0 Å². The molecule has 0 bridgehead atoms. The molecule has 1 N–H and O–H groups in total. The Morgan fingerprint density at radius 1 is 1.19 bits per heavy atom. The Kier molecular flexibility index (Phi) is 5.32. The number of hydrogen-bond donors (Lipinski definition) is 1. The number of rotatable bonds is 6. The van der Waals surface area contributed by atoms with Gasteiger partial charge in [-0.3, -0.25) is 0 Å². The molecule has 1 heterocycles. The van der Waals surface area contributed by atoms with Crippen LogP contribution in [0.2, 0.25) is 0 Å². The molecule has 1 fully saturated rings. The number of benzene rings is 1. The van der Waals surface area contributed by atoms with Crippen molar-refractivity contribution in [2.24, 2.45) is 5.92 Å². The first kappa shape index (κ1) is 15.1.